The molecule has 7 nitrogen and oxygen atoms in total. The maximum absolute atomic E-state index is 10.7. The highest BCUT2D eigenvalue weighted by molar-refractivity contribution is 5.89. The van der Waals surface area contributed by atoms with Gasteiger partial charge in [0.15, 0.2) is 0 Å². The molecule has 0 aromatic rings. The third-order valence-electron chi connectivity index (χ3n) is 1.38. The fraction of sp³-hybridized carbons (Fsp3) is 0.417. The van der Waals surface area contributed by atoms with Gasteiger partial charge >= 0.3 is 17.9 Å². The number of hydrogen-bond acceptors (Lipinski definition) is 5. The number of carbonyl (C=O) groups is 3. The SMILES string of the molecule is CCC=CC(=O)ONCCC.O=C(O)/C=C\C(=O)O. The first-order valence-corrected chi connectivity index (χ1v) is 5.68. The maximum atomic E-state index is 10.7. The summed E-state index contributed by atoms with van der Waals surface area (Å²) in [6.45, 7) is 4.66. The number of hydrogen-bond donors (Lipinski definition) is 3. The van der Waals surface area contributed by atoms with Gasteiger partial charge in [0.2, 0.25) is 0 Å². The summed E-state index contributed by atoms with van der Waals surface area (Å²) in [6, 6.07) is 0. The normalized spacial score (nSPS) is 10.0. The lowest BCUT2D eigenvalue weighted by atomic mass is 10.4. The zero-order valence-electron chi connectivity index (χ0n) is 11.0. The molecule has 0 bridgehead atoms. The second-order valence-electron chi connectivity index (χ2n) is 3.14. The van der Waals surface area contributed by atoms with E-state index >= 15 is 0 Å². The molecule has 0 aromatic heterocycles. The van der Waals surface area contributed by atoms with Gasteiger partial charge in [-0.1, -0.05) is 19.9 Å². The molecule has 0 amide bonds. The summed E-state index contributed by atoms with van der Waals surface area (Å²) in [4.78, 5) is 34.4. The third-order valence-corrected chi connectivity index (χ3v) is 1.38. The Hall–Kier alpha value is -2.15. The van der Waals surface area contributed by atoms with Crippen LogP contribution in [0.3, 0.4) is 0 Å². The summed E-state index contributed by atoms with van der Waals surface area (Å²) in [6.07, 6.45) is 6.09. The van der Waals surface area contributed by atoms with Crippen LogP contribution in [0, 0.1) is 0 Å². The molecule has 0 radical (unpaired) electrons. The molecule has 0 fully saturated rings. The fourth-order valence-electron chi connectivity index (χ4n) is 0.615. The van der Waals surface area contributed by atoms with Crippen molar-refractivity contribution in [3.8, 4) is 0 Å². The van der Waals surface area contributed by atoms with Crippen LogP contribution >= 0.6 is 0 Å². The average molecular weight is 273 g/mol. The van der Waals surface area contributed by atoms with Crippen LogP contribution in [-0.4, -0.2) is 34.7 Å². The first-order chi connectivity index (χ1) is 8.93. The Morgan fingerprint density at radius 2 is 1.58 bits per heavy atom. The van der Waals surface area contributed by atoms with Crippen molar-refractivity contribution in [1.82, 2.24) is 5.48 Å². The van der Waals surface area contributed by atoms with Gasteiger partial charge in [-0.05, 0) is 12.8 Å². The number of allylic oxidation sites excluding steroid dienone is 1. The van der Waals surface area contributed by atoms with Crippen LogP contribution < -0.4 is 5.48 Å². The van der Waals surface area contributed by atoms with E-state index < -0.39 is 11.9 Å². The molecule has 0 atom stereocenters. The summed E-state index contributed by atoms with van der Waals surface area (Å²) < 4.78 is 0. The lowest BCUT2D eigenvalue weighted by molar-refractivity contribution is -0.145. The van der Waals surface area contributed by atoms with Crippen LogP contribution in [0.15, 0.2) is 24.3 Å². The Balaban J connectivity index is 0. The molecule has 0 saturated carbocycles. The predicted molar refractivity (Wildman–Crippen MR) is 68.2 cm³/mol. The first kappa shape index (κ1) is 19.2. The van der Waals surface area contributed by atoms with E-state index in [1.807, 2.05) is 13.8 Å². The van der Waals surface area contributed by atoms with Crippen molar-refractivity contribution in [3.63, 3.8) is 0 Å². The monoisotopic (exact) mass is 273 g/mol. The van der Waals surface area contributed by atoms with Crippen molar-refractivity contribution in [2.75, 3.05) is 6.54 Å². The van der Waals surface area contributed by atoms with Crippen LogP contribution in [0.2, 0.25) is 0 Å². The quantitative estimate of drug-likeness (QED) is 0.362. The predicted octanol–water partition coefficient (Wildman–Crippen LogP) is 1.12. The lowest BCUT2D eigenvalue weighted by Crippen LogP contribution is -2.18. The van der Waals surface area contributed by atoms with E-state index in [9.17, 15) is 14.4 Å². The largest absolute Gasteiger partial charge is 0.478 e. The molecule has 0 aliphatic rings. The van der Waals surface area contributed by atoms with E-state index in [1.54, 1.807) is 6.08 Å². The second kappa shape index (κ2) is 13.9. The van der Waals surface area contributed by atoms with E-state index in [2.05, 4.69) is 10.3 Å². The fourth-order valence-corrected chi connectivity index (χ4v) is 0.615. The second-order valence-corrected chi connectivity index (χ2v) is 3.14. The van der Waals surface area contributed by atoms with Crippen molar-refractivity contribution >= 4 is 17.9 Å². The smallest absolute Gasteiger partial charge is 0.349 e. The highest BCUT2D eigenvalue weighted by atomic mass is 16.7. The van der Waals surface area contributed by atoms with Gasteiger partial charge in [0.25, 0.3) is 0 Å². The number of nitrogens with one attached hydrogen (secondary N) is 1. The molecule has 0 heterocycles. The zero-order valence-corrected chi connectivity index (χ0v) is 11.0. The molecule has 0 spiro atoms. The minimum Gasteiger partial charge on any atom is -0.478 e. The van der Waals surface area contributed by atoms with Crippen molar-refractivity contribution in [1.29, 1.82) is 0 Å². The number of rotatable bonds is 7. The topological polar surface area (TPSA) is 113 Å². The maximum Gasteiger partial charge on any atom is 0.349 e. The summed E-state index contributed by atoms with van der Waals surface area (Å²) in [5, 5.41) is 15.6. The van der Waals surface area contributed by atoms with Gasteiger partial charge in [0, 0.05) is 24.8 Å². The molecule has 19 heavy (non-hydrogen) atoms. The van der Waals surface area contributed by atoms with Crippen LogP contribution in [0.5, 0.6) is 0 Å². The van der Waals surface area contributed by atoms with Gasteiger partial charge in [0.05, 0.1) is 0 Å². The molecule has 108 valence electrons. The average Bonchev–Trinajstić information content (AvgIpc) is 2.35. The summed E-state index contributed by atoms with van der Waals surface area (Å²) in [5.74, 6) is -2.85. The third kappa shape index (κ3) is 21.7. The highest BCUT2D eigenvalue weighted by Crippen LogP contribution is 1.82. The molecule has 0 unspecified atom stereocenters. The molecule has 0 aliphatic carbocycles. The molecule has 0 aromatic carbocycles. The Labute approximate surface area is 111 Å². The van der Waals surface area contributed by atoms with Crippen molar-refractivity contribution in [2.45, 2.75) is 26.7 Å². The number of carboxylic acid groups (broad SMARTS) is 2. The summed E-state index contributed by atoms with van der Waals surface area (Å²) >= 11 is 0. The highest BCUT2D eigenvalue weighted by Gasteiger charge is 1.92. The Morgan fingerprint density at radius 3 is 1.95 bits per heavy atom. The Morgan fingerprint density at radius 1 is 1.05 bits per heavy atom. The molecule has 7 heteroatoms. The van der Waals surface area contributed by atoms with Gasteiger partial charge in [-0.2, -0.15) is 5.48 Å². The Bertz CT molecular complexity index is 319. The molecular weight excluding hydrogens is 254 g/mol. The first-order valence-electron chi connectivity index (χ1n) is 5.68. The van der Waals surface area contributed by atoms with E-state index in [0.717, 1.165) is 12.8 Å². The molecular formula is C12H19NO6. The minimum atomic E-state index is -1.26. The van der Waals surface area contributed by atoms with Gasteiger partial charge < -0.3 is 15.1 Å². The number of carbonyl (C=O) groups excluding carboxylic acids is 1. The summed E-state index contributed by atoms with van der Waals surface area (Å²) in [5.41, 5.74) is 2.54. The standard InChI is InChI=1S/C8H15NO2.C4H4O4/c1-3-5-6-8(10)11-9-7-4-2;5-3(6)1-2-4(7)8/h5-6,9H,3-4,7H2,1-2H3;1-2H,(H,5,6)(H,7,8)/b;2-1-. The van der Waals surface area contributed by atoms with Gasteiger partial charge in [0.1, 0.15) is 0 Å². The van der Waals surface area contributed by atoms with E-state index in [-0.39, 0.29) is 5.97 Å². The zero-order chi connectivity index (χ0) is 15.1. The van der Waals surface area contributed by atoms with Crippen molar-refractivity contribution < 1.29 is 29.4 Å². The van der Waals surface area contributed by atoms with E-state index in [1.165, 1.54) is 6.08 Å². The van der Waals surface area contributed by atoms with Crippen LogP contribution in [-0.2, 0) is 19.2 Å². The van der Waals surface area contributed by atoms with E-state index in [4.69, 9.17) is 10.2 Å². The van der Waals surface area contributed by atoms with Crippen molar-refractivity contribution in [2.24, 2.45) is 0 Å². The lowest BCUT2D eigenvalue weighted by Gasteiger charge is -1.99. The minimum absolute atomic E-state index is 0.333. The van der Waals surface area contributed by atoms with Crippen molar-refractivity contribution in [3.05, 3.63) is 24.3 Å². The number of hydroxylamine groups is 1. The van der Waals surface area contributed by atoms with Crippen LogP contribution in [0.1, 0.15) is 26.7 Å². The van der Waals surface area contributed by atoms with Crippen LogP contribution in [0.4, 0.5) is 0 Å². The number of carboxylic acids is 2. The van der Waals surface area contributed by atoms with E-state index in [0.29, 0.717) is 18.7 Å². The van der Waals surface area contributed by atoms with Gasteiger partial charge in [-0.3, -0.25) is 0 Å². The molecule has 0 rings (SSSR count). The molecule has 0 saturated heterocycles. The Kier molecular flexibility index (Phi) is 14.1. The molecule has 0 aliphatic heterocycles. The van der Waals surface area contributed by atoms with Gasteiger partial charge in [-0.15, -0.1) is 0 Å². The van der Waals surface area contributed by atoms with Crippen LogP contribution in [0.25, 0.3) is 0 Å². The van der Waals surface area contributed by atoms with Gasteiger partial charge in [-0.25, -0.2) is 14.4 Å². The molecule has 3 N–H and O–H groups in total. The number of aliphatic carboxylic acids is 2. The summed E-state index contributed by atoms with van der Waals surface area (Å²) in [7, 11) is 0.